The fourth-order valence-electron chi connectivity index (χ4n) is 3.25. The van der Waals surface area contributed by atoms with E-state index in [9.17, 15) is 4.79 Å². The lowest BCUT2D eigenvalue weighted by Gasteiger charge is -2.32. The zero-order valence-corrected chi connectivity index (χ0v) is 14.6. The second kappa shape index (κ2) is 8.34. The van der Waals surface area contributed by atoms with Gasteiger partial charge in [0.2, 0.25) is 5.75 Å². The molecule has 1 aromatic rings. The van der Waals surface area contributed by atoms with Gasteiger partial charge in [0.15, 0.2) is 11.5 Å². The van der Waals surface area contributed by atoms with Crippen LogP contribution in [0.25, 0.3) is 0 Å². The van der Waals surface area contributed by atoms with Gasteiger partial charge in [-0.2, -0.15) is 0 Å². The van der Waals surface area contributed by atoms with E-state index < -0.39 is 5.97 Å². The molecule has 128 valence electrons. The van der Waals surface area contributed by atoms with Gasteiger partial charge in [0.1, 0.15) is 0 Å². The Balaban J connectivity index is 2.35. The Hall–Kier alpha value is -1.56. The normalized spacial score (nSPS) is 20.8. The first kappa shape index (κ1) is 17.8. The van der Waals surface area contributed by atoms with Crippen molar-refractivity contribution in [1.29, 1.82) is 0 Å². The molecule has 2 unspecified atom stereocenters. The van der Waals surface area contributed by atoms with Crippen LogP contribution in [-0.4, -0.2) is 43.4 Å². The fourth-order valence-corrected chi connectivity index (χ4v) is 4.45. The molecule has 0 saturated heterocycles. The minimum absolute atomic E-state index is 0.136. The first-order valence-corrected chi connectivity index (χ1v) is 8.79. The van der Waals surface area contributed by atoms with Crippen molar-refractivity contribution >= 4 is 17.7 Å². The van der Waals surface area contributed by atoms with Crippen LogP contribution in [0.15, 0.2) is 12.1 Å². The van der Waals surface area contributed by atoms with E-state index in [4.69, 9.17) is 19.3 Å². The SMILES string of the molecule is COc1ccc(C2CCCCC2SCC(=O)O)c(OC)c1OC. The molecule has 0 radical (unpaired) electrons. The van der Waals surface area contributed by atoms with Gasteiger partial charge in [-0.25, -0.2) is 0 Å². The summed E-state index contributed by atoms with van der Waals surface area (Å²) in [4.78, 5) is 10.9. The molecule has 5 nitrogen and oxygen atoms in total. The number of hydrogen-bond donors (Lipinski definition) is 1. The molecule has 0 aliphatic heterocycles. The predicted octanol–water partition coefficient (Wildman–Crippen LogP) is 3.56. The van der Waals surface area contributed by atoms with E-state index in [1.807, 2.05) is 12.1 Å². The number of ether oxygens (including phenoxy) is 3. The van der Waals surface area contributed by atoms with Crippen molar-refractivity contribution in [3.05, 3.63) is 17.7 Å². The second-order valence-electron chi connectivity index (χ2n) is 5.56. The molecule has 1 saturated carbocycles. The van der Waals surface area contributed by atoms with E-state index in [2.05, 4.69) is 0 Å². The summed E-state index contributed by atoms with van der Waals surface area (Å²) in [5, 5.41) is 9.25. The quantitative estimate of drug-likeness (QED) is 0.819. The van der Waals surface area contributed by atoms with Crippen molar-refractivity contribution in [2.75, 3.05) is 27.1 Å². The van der Waals surface area contributed by atoms with Gasteiger partial charge in [-0.15, -0.1) is 11.8 Å². The summed E-state index contributed by atoms with van der Waals surface area (Å²) >= 11 is 1.52. The predicted molar refractivity (Wildman–Crippen MR) is 91.2 cm³/mol. The Morgan fingerprint density at radius 2 is 1.83 bits per heavy atom. The Kier molecular flexibility index (Phi) is 6.45. The lowest BCUT2D eigenvalue weighted by molar-refractivity contribution is -0.133. The van der Waals surface area contributed by atoms with Crippen molar-refractivity contribution in [3.63, 3.8) is 0 Å². The van der Waals surface area contributed by atoms with E-state index in [1.54, 1.807) is 21.3 Å². The third-order valence-corrected chi connectivity index (χ3v) is 5.66. The second-order valence-corrected chi connectivity index (χ2v) is 6.79. The molecular weight excluding hydrogens is 316 g/mol. The summed E-state index contributed by atoms with van der Waals surface area (Å²) < 4.78 is 16.4. The number of thioether (sulfide) groups is 1. The standard InChI is InChI=1S/C17H24O5S/c1-20-13-9-8-12(16(21-2)17(13)22-3)11-6-4-5-7-14(11)23-10-15(18)19/h8-9,11,14H,4-7,10H2,1-3H3,(H,18,19). The van der Waals surface area contributed by atoms with Crippen LogP contribution in [0.1, 0.15) is 37.2 Å². The molecule has 1 aliphatic carbocycles. The molecule has 0 bridgehead atoms. The molecule has 2 atom stereocenters. The fraction of sp³-hybridized carbons (Fsp3) is 0.588. The van der Waals surface area contributed by atoms with Crippen molar-refractivity contribution in [2.45, 2.75) is 36.9 Å². The van der Waals surface area contributed by atoms with Gasteiger partial charge in [0.25, 0.3) is 0 Å². The summed E-state index contributed by atoms with van der Waals surface area (Å²) in [6.07, 6.45) is 4.35. The molecule has 1 fully saturated rings. The smallest absolute Gasteiger partial charge is 0.313 e. The molecule has 0 amide bonds. The van der Waals surface area contributed by atoms with E-state index >= 15 is 0 Å². The Morgan fingerprint density at radius 1 is 1.13 bits per heavy atom. The number of carbonyl (C=O) groups is 1. The van der Waals surface area contributed by atoms with Crippen LogP contribution in [0.3, 0.4) is 0 Å². The molecular formula is C17H24O5S. The van der Waals surface area contributed by atoms with Gasteiger partial charge in [-0.1, -0.05) is 18.9 Å². The maximum atomic E-state index is 10.9. The molecule has 0 heterocycles. The van der Waals surface area contributed by atoms with Crippen LogP contribution in [0.2, 0.25) is 0 Å². The average Bonchev–Trinajstić information content (AvgIpc) is 2.58. The number of hydrogen-bond acceptors (Lipinski definition) is 5. The zero-order chi connectivity index (χ0) is 16.8. The highest BCUT2D eigenvalue weighted by Crippen LogP contribution is 2.48. The zero-order valence-electron chi connectivity index (χ0n) is 13.8. The molecule has 0 aromatic heterocycles. The van der Waals surface area contributed by atoms with Gasteiger partial charge in [0, 0.05) is 10.8 Å². The number of carboxylic acids is 1. The number of methoxy groups -OCH3 is 3. The molecule has 23 heavy (non-hydrogen) atoms. The van der Waals surface area contributed by atoms with Crippen LogP contribution < -0.4 is 14.2 Å². The van der Waals surface area contributed by atoms with Crippen molar-refractivity contribution in [3.8, 4) is 17.2 Å². The first-order valence-electron chi connectivity index (χ1n) is 7.74. The van der Waals surface area contributed by atoms with Gasteiger partial charge in [-0.3, -0.25) is 4.79 Å². The van der Waals surface area contributed by atoms with Crippen LogP contribution in [0, 0.1) is 0 Å². The Labute approximate surface area is 141 Å². The molecule has 1 aromatic carbocycles. The highest BCUT2D eigenvalue weighted by molar-refractivity contribution is 8.00. The number of rotatable bonds is 7. The van der Waals surface area contributed by atoms with Crippen LogP contribution in [-0.2, 0) is 4.79 Å². The maximum Gasteiger partial charge on any atom is 0.313 e. The Morgan fingerprint density at radius 3 is 2.43 bits per heavy atom. The summed E-state index contributed by atoms with van der Waals surface area (Å²) in [7, 11) is 4.83. The molecule has 1 N–H and O–H groups in total. The third-order valence-electron chi connectivity index (χ3n) is 4.26. The monoisotopic (exact) mass is 340 g/mol. The topological polar surface area (TPSA) is 65.0 Å². The average molecular weight is 340 g/mol. The largest absolute Gasteiger partial charge is 0.493 e. The highest BCUT2D eigenvalue weighted by Gasteiger charge is 2.31. The molecule has 2 rings (SSSR count). The van der Waals surface area contributed by atoms with Crippen molar-refractivity contribution in [2.24, 2.45) is 0 Å². The lowest BCUT2D eigenvalue weighted by Crippen LogP contribution is -2.22. The van der Waals surface area contributed by atoms with E-state index in [0.29, 0.717) is 17.2 Å². The van der Waals surface area contributed by atoms with Crippen molar-refractivity contribution in [1.82, 2.24) is 0 Å². The number of aliphatic carboxylic acids is 1. The van der Waals surface area contributed by atoms with Gasteiger partial charge in [0.05, 0.1) is 27.1 Å². The van der Waals surface area contributed by atoms with Crippen molar-refractivity contribution < 1.29 is 24.1 Å². The summed E-state index contributed by atoms with van der Waals surface area (Å²) in [6, 6.07) is 3.91. The van der Waals surface area contributed by atoms with Crippen LogP contribution >= 0.6 is 11.8 Å². The van der Waals surface area contributed by atoms with E-state index in [-0.39, 0.29) is 16.9 Å². The minimum Gasteiger partial charge on any atom is -0.493 e. The molecule has 0 spiro atoms. The van der Waals surface area contributed by atoms with Crippen LogP contribution in [0.5, 0.6) is 17.2 Å². The first-order chi connectivity index (χ1) is 11.1. The molecule has 1 aliphatic rings. The van der Waals surface area contributed by atoms with Crippen LogP contribution in [0.4, 0.5) is 0 Å². The van der Waals surface area contributed by atoms with Gasteiger partial charge < -0.3 is 19.3 Å². The van der Waals surface area contributed by atoms with E-state index in [0.717, 1.165) is 31.2 Å². The highest BCUT2D eigenvalue weighted by atomic mass is 32.2. The number of carboxylic acid groups (broad SMARTS) is 1. The van der Waals surface area contributed by atoms with E-state index in [1.165, 1.54) is 11.8 Å². The lowest BCUT2D eigenvalue weighted by atomic mass is 9.83. The maximum absolute atomic E-state index is 10.9. The third kappa shape index (κ3) is 4.05. The molecule has 6 heteroatoms. The number of benzene rings is 1. The summed E-state index contributed by atoms with van der Waals surface area (Å²) in [5.74, 6) is 1.57. The Bertz CT molecular complexity index is 546. The van der Waals surface area contributed by atoms with Gasteiger partial charge >= 0.3 is 5.97 Å². The summed E-state index contributed by atoms with van der Waals surface area (Å²) in [6.45, 7) is 0. The van der Waals surface area contributed by atoms with Gasteiger partial charge in [-0.05, 0) is 24.8 Å². The summed E-state index contributed by atoms with van der Waals surface area (Å²) in [5.41, 5.74) is 1.08. The minimum atomic E-state index is -0.765.